The van der Waals surface area contributed by atoms with Crippen LogP contribution in [0.15, 0.2) is 47.4 Å². The highest BCUT2D eigenvalue weighted by molar-refractivity contribution is 5.79. The van der Waals surface area contributed by atoms with Gasteiger partial charge in [0.15, 0.2) is 0 Å². The summed E-state index contributed by atoms with van der Waals surface area (Å²) in [6, 6.07) is 12.1. The molecule has 0 bridgehead atoms. The standard InChI is InChI=1S/C24H26N4O2/c1-16-22(17(2)28(25-16)21-6-4-3-5-7-21)13-23(29)26-11-10-18-12-24(30)27(20-8-9-20)15-19(18)14-26/h3-7,12,15,20H,8-11,13-14H2,1-2H3. The molecule has 0 unspecified atom stereocenters. The van der Waals surface area contributed by atoms with Crippen LogP contribution in [0.5, 0.6) is 0 Å². The summed E-state index contributed by atoms with van der Waals surface area (Å²) >= 11 is 0. The molecular formula is C24H26N4O2. The highest BCUT2D eigenvalue weighted by Gasteiger charge is 2.28. The van der Waals surface area contributed by atoms with E-state index in [-0.39, 0.29) is 11.5 Å². The van der Waals surface area contributed by atoms with Crippen LogP contribution in [0.4, 0.5) is 0 Å². The molecule has 154 valence electrons. The van der Waals surface area contributed by atoms with Crippen LogP contribution in [0.2, 0.25) is 0 Å². The van der Waals surface area contributed by atoms with Gasteiger partial charge in [0.05, 0.1) is 17.8 Å². The molecule has 0 radical (unpaired) electrons. The molecule has 6 nitrogen and oxygen atoms in total. The Hall–Kier alpha value is -3.15. The van der Waals surface area contributed by atoms with Gasteiger partial charge in [-0.1, -0.05) is 18.2 Å². The fourth-order valence-corrected chi connectivity index (χ4v) is 4.41. The number of hydrogen-bond acceptors (Lipinski definition) is 3. The quantitative estimate of drug-likeness (QED) is 0.674. The molecule has 2 aliphatic rings. The van der Waals surface area contributed by atoms with Gasteiger partial charge in [-0.15, -0.1) is 0 Å². The van der Waals surface area contributed by atoms with Crippen molar-refractivity contribution in [3.8, 4) is 5.69 Å². The molecule has 1 aliphatic heterocycles. The summed E-state index contributed by atoms with van der Waals surface area (Å²) in [5.41, 5.74) is 6.19. The lowest BCUT2D eigenvalue weighted by Crippen LogP contribution is -2.38. The first-order valence-corrected chi connectivity index (χ1v) is 10.6. The number of hydrogen-bond donors (Lipinski definition) is 0. The second kappa shape index (κ2) is 7.27. The van der Waals surface area contributed by atoms with Gasteiger partial charge in [0.25, 0.3) is 5.56 Å². The number of amides is 1. The van der Waals surface area contributed by atoms with E-state index in [0.29, 0.717) is 25.6 Å². The predicted octanol–water partition coefficient (Wildman–Crippen LogP) is 3.11. The van der Waals surface area contributed by atoms with Gasteiger partial charge < -0.3 is 9.47 Å². The Bertz CT molecular complexity index is 1170. The first-order valence-electron chi connectivity index (χ1n) is 10.6. The number of para-hydroxylation sites is 1. The van der Waals surface area contributed by atoms with Crippen molar-refractivity contribution in [1.82, 2.24) is 19.2 Å². The van der Waals surface area contributed by atoms with Crippen molar-refractivity contribution in [3.63, 3.8) is 0 Å². The van der Waals surface area contributed by atoms with Gasteiger partial charge in [-0.2, -0.15) is 5.10 Å². The van der Waals surface area contributed by atoms with Gasteiger partial charge >= 0.3 is 0 Å². The smallest absolute Gasteiger partial charge is 0.251 e. The Morgan fingerprint density at radius 3 is 2.63 bits per heavy atom. The molecule has 3 aromatic rings. The average Bonchev–Trinajstić information content (AvgIpc) is 3.56. The summed E-state index contributed by atoms with van der Waals surface area (Å²) in [6.45, 7) is 5.22. The van der Waals surface area contributed by atoms with Crippen LogP contribution in [0, 0.1) is 13.8 Å². The van der Waals surface area contributed by atoms with Gasteiger partial charge in [-0.25, -0.2) is 4.68 Å². The number of aryl methyl sites for hydroxylation is 1. The zero-order valence-electron chi connectivity index (χ0n) is 17.5. The fourth-order valence-electron chi connectivity index (χ4n) is 4.41. The molecule has 2 aromatic heterocycles. The van der Waals surface area contributed by atoms with E-state index in [1.807, 2.05) is 64.5 Å². The third-order valence-electron chi connectivity index (χ3n) is 6.33. The molecule has 0 N–H and O–H groups in total. The van der Waals surface area contributed by atoms with E-state index in [9.17, 15) is 9.59 Å². The molecule has 30 heavy (non-hydrogen) atoms. The van der Waals surface area contributed by atoms with Crippen LogP contribution in [-0.4, -0.2) is 31.7 Å². The molecule has 0 saturated heterocycles. The van der Waals surface area contributed by atoms with Crippen LogP contribution >= 0.6 is 0 Å². The summed E-state index contributed by atoms with van der Waals surface area (Å²) in [5, 5.41) is 4.67. The summed E-state index contributed by atoms with van der Waals surface area (Å²) in [4.78, 5) is 27.4. The molecule has 1 amide bonds. The normalized spacial score (nSPS) is 15.9. The first kappa shape index (κ1) is 18.9. The topological polar surface area (TPSA) is 60.1 Å². The van der Waals surface area contributed by atoms with Gasteiger partial charge in [-0.3, -0.25) is 9.59 Å². The summed E-state index contributed by atoms with van der Waals surface area (Å²) in [6.07, 6.45) is 5.22. The van der Waals surface area contributed by atoms with Gasteiger partial charge in [0, 0.05) is 42.7 Å². The third-order valence-corrected chi connectivity index (χ3v) is 6.33. The van der Waals surface area contributed by atoms with E-state index < -0.39 is 0 Å². The second-order valence-corrected chi connectivity index (χ2v) is 8.44. The van der Waals surface area contributed by atoms with Crippen LogP contribution in [0.25, 0.3) is 5.69 Å². The van der Waals surface area contributed by atoms with Crippen LogP contribution in [0.1, 0.15) is 47.0 Å². The maximum Gasteiger partial charge on any atom is 0.251 e. The Labute approximate surface area is 175 Å². The van der Waals surface area contributed by atoms with Crippen molar-refractivity contribution in [2.24, 2.45) is 0 Å². The number of benzene rings is 1. The Morgan fingerprint density at radius 1 is 1.13 bits per heavy atom. The fraction of sp³-hybridized carbons (Fsp3) is 0.375. The Kier molecular flexibility index (Phi) is 4.57. The molecule has 0 atom stereocenters. The lowest BCUT2D eigenvalue weighted by Gasteiger charge is -2.29. The zero-order valence-corrected chi connectivity index (χ0v) is 17.5. The molecule has 6 heteroatoms. The molecule has 1 aromatic carbocycles. The molecule has 1 fully saturated rings. The number of carbonyl (C=O) groups excluding carboxylic acids is 1. The van der Waals surface area contributed by atoms with Gasteiger partial charge in [-0.05, 0) is 56.4 Å². The summed E-state index contributed by atoms with van der Waals surface area (Å²) in [5.74, 6) is 0.114. The minimum Gasteiger partial charge on any atom is -0.338 e. The van der Waals surface area contributed by atoms with Crippen LogP contribution in [-0.2, 0) is 24.2 Å². The van der Waals surface area contributed by atoms with Crippen LogP contribution in [0.3, 0.4) is 0 Å². The minimum absolute atomic E-state index is 0.0932. The number of carbonyl (C=O) groups is 1. The zero-order chi connectivity index (χ0) is 20.8. The molecular weight excluding hydrogens is 376 g/mol. The number of nitrogens with zero attached hydrogens (tertiary/aromatic N) is 4. The highest BCUT2D eigenvalue weighted by Crippen LogP contribution is 2.34. The molecule has 0 spiro atoms. The maximum atomic E-state index is 13.1. The number of rotatable bonds is 4. The van der Waals surface area contributed by atoms with E-state index in [1.54, 1.807) is 6.07 Å². The van der Waals surface area contributed by atoms with Crippen molar-refractivity contribution >= 4 is 5.91 Å². The lowest BCUT2D eigenvalue weighted by atomic mass is 10.0. The van der Waals surface area contributed by atoms with Crippen molar-refractivity contribution < 1.29 is 4.79 Å². The molecule has 1 aliphatic carbocycles. The average molecular weight is 402 g/mol. The van der Waals surface area contributed by atoms with Crippen molar-refractivity contribution in [2.75, 3.05) is 6.54 Å². The molecule has 3 heterocycles. The van der Waals surface area contributed by atoms with Gasteiger partial charge in [0.2, 0.25) is 5.91 Å². The van der Waals surface area contributed by atoms with Crippen molar-refractivity contribution in [1.29, 1.82) is 0 Å². The number of fused-ring (bicyclic) bond motifs is 1. The summed E-state index contributed by atoms with van der Waals surface area (Å²) in [7, 11) is 0. The second-order valence-electron chi connectivity index (χ2n) is 8.44. The van der Waals surface area contributed by atoms with Crippen LogP contribution < -0.4 is 5.56 Å². The number of pyridine rings is 1. The predicted molar refractivity (Wildman–Crippen MR) is 115 cm³/mol. The Morgan fingerprint density at radius 2 is 1.90 bits per heavy atom. The molecule has 5 rings (SSSR count). The van der Waals surface area contributed by atoms with E-state index in [1.165, 1.54) is 0 Å². The first-order chi connectivity index (χ1) is 14.5. The van der Waals surface area contributed by atoms with Crippen molar-refractivity contribution in [2.45, 2.75) is 52.1 Å². The van der Waals surface area contributed by atoms with E-state index in [4.69, 9.17) is 0 Å². The third kappa shape index (κ3) is 3.36. The highest BCUT2D eigenvalue weighted by atomic mass is 16.2. The Balaban J connectivity index is 1.36. The number of aromatic nitrogens is 3. The largest absolute Gasteiger partial charge is 0.338 e. The monoisotopic (exact) mass is 402 g/mol. The summed E-state index contributed by atoms with van der Waals surface area (Å²) < 4.78 is 3.77. The van der Waals surface area contributed by atoms with E-state index in [0.717, 1.165) is 53.0 Å². The maximum absolute atomic E-state index is 13.1. The molecule has 1 saturated carbocycles. The van der Waals surface area contributed by atoms with E-state index >= 15 is 0 Å². The minimum atomic E-state index is 0.0932. The van der Waals surface area contributed by atoms with Gasteiger partial charge in [0.1, 0.15) is 0 Å². The lowest BCUT2D eigenvalue weighted by molar-refractivity contribution is -0.131. The van der Waals surface area contributed by atoms with Crippen molar-refractivity contribution in [3.05, 3.63) is 81.0 Å². The SMILES string of the molecule is Cc1nn(-c2ccccc2)c(C)c1CC(=O)N1CCc2cc(=O)n(C3CC3)cc2C1. The van der Waals surface area contributed by atoms with E-state index in [2.05, 4.69) is 5.10 Å².